The molecule has 214 valence electrons. The van der Waals surface area contributed by atoms with Gasteiger partial charge in [-0.25, -0.2) is 9.97 Å². The lowest BCUT2D eigenvalue weighted by Gasteiger charge is -2.18. The van der Waals surface area contributed by atoms with Crippen molar-refractivity contribution < 1.29 is 9.59 Å². The molecule has 0 aliphatic heterocycles. The van der Waals surface area contributed by atoms with Gasteiger partial charge in [0.1, 0.15) is 11.7 Å². The minimum Gasteiger partial charge on any atom is -0.340 e. The van der Waals surface area contributed by atoms with Gasteiger partial charge < -0.3 is 15.3 Å². The van der Waals surface area contributed by atoms with Gasteiger partial charge in [-0.3, -0.25) is 19.9 Å². The van der Waals surface area contributed by atoms with Crippen LogP contribution in [-0.4, -0.2) is 42.8 Å². The average molecular weight is 578 g/mol. The number of carbonyl (C=O) groups is 2. The van der Waals surface area contributed by atoms with Crippen molar-refractivity contribution in [2.75, 3.05) is 5.32 Å². The number of aromatic amines is 2. The first kappa shape index (κ1) is 26.8. The first-order valence-electron chi connectivity index (χ1n) is 14.2. The predicted molar refractivity (Wildman–Crippen MR) is 171 cm³/mol. The quantitative estimate of drug-likeness (QED) is 0.172. The molecule has 0 aliphatic carbocycles. The van der Waals surface area contributed by atoms with Gasteiger partial charge in [-0.15, -0.1) is 0 Å². The standard InChI is InChI=1S/C35H27N7O2/c43-33(26-14-15-28-29(20-26)40-32(39-28)30-19-25-8-4-5-9-27(25)21-38-30)41-31(34(44)42-35-36-16-17-37-35)18-22-10-12-24(13-11-22)23-6-2-1-3-7-23/h1-17,19-21,31H,18H2,(H,39,40)(H,41,43)(H2,36,37,42,44). The number of hydrogen-bond donors (Lipinski definition) is 4. The van der Waals surface area contributed by atoms with Gasteiger partial charge in [0.15, 0.2) is 5.82 Å². The number of nitrogens with one attached hydrogen (secondary N) is 4. The summed E-state index contributed by atoms with van der Waals surface area (Å²) in [6.45, 7) is 0. The number of benzene rings is 4. The van der Waals surface area contributed by atoms with Gasteiger partial charge >= 0.3 is 0 Å². The number of carbonyl (C=O) groups excluding carboxylic acids is 2. The Kier molecular flexibility index (Phi) is 7.09. The molecule has 4 N–H and O–H groups in total. The number of rotatable bonds is 8. The minimum atomic E-state index is -0.856. The molecular weight excluding hydrogens is 550 g/mol. The zero-order valence-electron chi connectivity index (χ0n) is 23.5. The summed E-state index contributed by atoms with van der Waals surface area (Å²) in [5, 5.41) is 7.79. The average Bonchev–Trinajstić information content (AvgIpc) is 3.74. The van der Waals surface area contributed by atoms with Crippen LogP contribution in [0.4, 0.5) is 5.95 Å². The highest BCUT2D eigenvalue weighted by Gasteiger charge is 2.23. The van der Waals surface area contributed by atoms with Crippen molar-refractivity contribution in [1.82, 2.24) is 30.2 Å². The van der Waals surface area contributed by atoms with Gasteiger partial charge in [0.25, 0.3) is 5.91 Å². The number of imidazole rings is 2. The summed E-state index contributed by atoms with van der Waals surface area (Å²) in [5.74, 6) is 0.153. The number of anilines is 1. The Morgan fingerprint density at radius 2 is 1.57 bits per heavy atom. The van der Waals surface area contributed by atoms with Crippen molar-refractivity contribution >= 4 is 39.6 Å². The summed E-state index contributed by atoms with van der Waals surface area (Å²) < 4.78 is 0. The van der Waals surface area contributed by atoms with Crippen molar-refractivity contribution in [3.63, 3.8) is 0 Å². The van der Waals surface area contributed by atoms with Crippen molar-refractivity contribution in [2.45, 2.75) is 12.5 Å². The van der Waals surface area contributed by atoms with Crippen molar-refractivity contribution in [1.29, 1.82) is 0 Å². The van der Waals surface area contributed by atoms with E-state index in [-0.39, 0.29) is 18.2 Å². The van der Waals surface area contributed by atoms with E-state index in [4.69, 9.17) is 0 Å². The first-order chi connectivity index (χ1) is 21.6. The Bertz CT molecular complexity index is 2090. The summed E-state index contributed by atoms with van der Waals surface area (Å²) in [4.78, 5) is 46.3. The second-order valence-corrected chi connectivity index (χ2v) is 10.5. The number of aromatic nitrogens is 5. The van der Waals surface area contributed by atoms with Crippen LogP contribution in [0.15, 0.2) is 122 Å². The maximum absolute atomic E-state index is 13.5. The van der Waals surface area contributed by atoms with Crippen molar-refractivity contribution in [3.05, 3.63) is 133 Å². The fraction of sp³-hybridized carbons (Fsp3) is 0.0571. The molecule has 4 aromatic carbocycles. The van der Waals surface area contributed by atoms with Crippen LogP contribution >= 0.6 is 0 Å². The lowest BCUT2D eigenvalue weighted by molar-refractivity contribution is -0.118. The van der Waals surface area contributed by atoms with Crippen LogP contribution < -0.4 is 10.6 Å². The molecule has 1 atom stereocenters. The SMILES string of the molecule is O=C(NC(Cc1ccc(-c2ccccc2)cc1)C(=O)Nc1ncc[nH]1)c1ccc2nc(-c3cc4ccccc4cn3)[nH]c2c1. The molecule has 0 radical (unpaired) electrons. The molecule has 9 nitrogen and oxygen atoms in total. The van der Waals surface area contributed by atoms with E-state index < -0.39 is 6.04 Å². The molecule has 2 amide bonds. The summed E-state index contributed by atoms with van der Waals surface area (Å²) in [6, 6.07) is 32.4. The van der Waals surface area contributed by atoms with E-state index in [1.165, 1.54) is 0 Å². The topological polar surface area (TPSA) is 128 Å². The first-order valence-corrected chi connectivity index (χ1v) is 14.2. The van der Waals surface area contributed by atoms with Gasteiger partial charge in [-0.1, -0.05) is 78.9 Å². The highest BCUT2D eigenvalue weighted by molar-refractivity contribution is 6.02. The highest BCUT2D eigenvalue weighted by Crippen LogP contribution is 2.24. The van der Waals surface area contributed by atoms with E-state index >= 15 is 0 Å². The fourth-order valence-corrected chi connectivity index (χ4v) is 5.17. The molecular formula is C35H27N7O2. The van der Waals surface area contributed by atoms with Crippen LogP contribution in [0.2, 0.25) is 0 Å². The van der Waals surface area contributed by atoms with Gasteiger partial charge in [0, 0.05) is 36.0 Å². The molecule has 0 saturated carbocycles. The van der Waals surface area contributed by atoms with Crippen LogP contribution in [-0.2, 0) is 11.2 Å². The number of nitrogens with zero attached hydrogens (tertiary/aromatic N) is 3. The Labute approximate surface area is 252 Å². The molecule has 44 heavy (non-hydrogen) atoms. The highest BCUT2D eigenvalue weighted by atomic mass is 16.2. The minimum absolute atomic E-state index is 0.289. The van der Waals surface area contributed by atoms with E-state index in [9.17, 15) is 9.59 Å². The zero-order valence-corrected chi connectivity index (χ0v) is 23.5. The fourth-order valence-electron chi connectivity index (χ4n) is 5.17. The van der Waals surface area contributed by atoms with E-state index in [0.29, 0.717) is 34.1 Å². The Hall–Kier alpha value is -6.09. The molecule has 0 aliphatic rings. The van der Waals surface area contributed by atoms with Gasteiger partial charge in [-0.2, -0.15) is 0 Å². The van der Waals surface area contributed by atoms with Crippen LogP contribution in [0.1, 0.15) is 15.9 Å². The van der Waals surface area contributed by atoms with Crippen LogP contribution in [0, 0.1) is 0 Å². The van der Waals surface area contributed by atoms with Crippen LogP contribution in [0.5, 0.6) is 0 Å². The lowest BCUT2D eigenvalue weighted by Crippen LogP contribution is -2.45. The third-order valence-corrected chi connectivity index (χ3v) is 7.48. The van der Waals surface area contributed by atoms with Crippen LogP contribution in [0.3, 0.4) is 0 Å². The Morgan fingerprint density at radius 1 is 0.795 bits per heavy atom. The monoisotopic (exact) mass is 577 g/mol. The molecule has 9 heteroatoms. The van der Waals surface area contributed by atoms with E-state index in [2.05, 4.69) is 35.6 Å². The van der Waals surface area contributed by atoms with Crippen molar-refractivity contribution in [2.24, 2.45) is 0 Å². The molecule has 3 heterocycles. The second-order valence-electron chi connectivity index (χ2n) is 10.5. The number of H-pyrrole nitrogens is 2. The molecule has 7 aromatic rings. The Balaban J connectivity index is 1.12. The number of pyridine rings is 1. The molecule has 1 unspecified atom stereocenters. The largest absolute Gasteiger partial charge is 0.340 e. The summed E-state index contributed by atoms with van der Waals surface area (Å²) in [6.07, 6.45) is 5.27. The van der Waals surface area contributed by atoms with Crippen LogP contribution in [0.25, 0.3) is 44.5 Å². The van der Waals surface area contributed by atoms with E-state index in [1.54, 1.807) is 30.6 Å². The molecule has 0 bridgehead atoms. The maximum atomic E-state index is 13.5. The zero-order chi connectivity index (χ0) is 29.9. The van der Waals surface area contributed by atoms with Crippen molar-refractivity contribution in [3.8, 4) is 22.6 Å². The second kappa shape index (κ2) is 11.7. The third kappa shape index (κ3) is 5.66. The normalized spacial score (nSPS) is 11.8. The summed E-state index contributed by atoms with van der Waals surface area (Å²) in [7, 11) is 0. The van der Waals surface area contributed by atoms with Gasteiger partial charge in [-0.05, 0) is 46.3 Å². The number of fused-ring (bicyclic) bond motifs is 2. The molecule has 0 spiro atoms. The third-order valence-electron chi connectivity index (χ3n) is 7.48. The van der Waals surface area contributed by atoms with E-state index in [0.717, 1.165) is 27.5 Å². The number of amides is 2. The summed E-state index contributed by atoms with van der Waals surface area (Å²) in [5.41, 5.74) is 5.58. The Morgan fingerprint density at radius 3 is 2.36 bits per heavy atom. The predicted octanol–water partition coefficient (Wildman–Crippen LogP) is 6.15. The lowest BCUT2D eigenvalue weighted by atomic mass is 10.00. The maximum Gasteiger partial charge on any atom is 0.252 e. The molecule has 0 fully saturated rings. The smallest absolute Gasteiger partial charge is 0.252 e. The van der Waals surface area contributed by atoms with Gasteiger partial charge in [0.2, 0.25) is 11.9 Å². The molecule has 0 saturated heterocycles. The van der Waals surface area contributed by atoms with E-state index in [1.807, 2.05) is 91.1 Å². The molecule has 3 aromatic heterocycles. The summed E-state index contributed by atoms with van der Waals surface area (Å²) >= 11 is 0. The van der Waals surface area contributed by atoms with Gasteiger partial charge in [0.05, 0.1) is 11.0 Å². The molecule has 7 rings (SSSR count). The number of hydrogen-bond acceptors (Lipinski definition) is 5.